The highest BCUT2D eigenvalue weighted by Crippen LogP contribution is 2.25. The van der Waals surface area contributed by atoms with Gasteiger partial charge in [0.1, 0.15) is 4.90 Å². The van der Waals surface area contributed by atoms with Gasteiger partial charge in [-0.3, -0.25) is 4.72 Å². The van der Waals surface area contributed by atoms with Crippen molar-refractivity contribution in [3.63, 3.8) is 0 Å². The molecular weight excluding hydrogens is 274 g/mol. The van der Waals surface area contributed by atoms with Gasteiger partial charge in [-0.15, -0.1) is 16.6 Å². The summed E-state index contributed by atoms with van der Waals surface area (Å²) in [6, 6.07) is 5.87. The van der Waals surface area contributed by atoms with Gasteiger partial charge in [0.05, 0.1) is 0 Å². The van der Waals surface area contributed by atoms with Gasteiger partial charge < -0.3 is 4.74 Å². The molecule has 0 unspecified atom stereocenters. The lowest BCUT2D eigenvalue weighted by Gasteiger charge is -2.07. The fourth-order valence-corrected chi connectivity index (χ4v) is 3.17. The van der Waals surface area contributed by atoms with Crippen LogP contribution in [-0.4, -0.2) is 13.4 Å². The number of hydrogen-bond acceptors (Lipinski definition) is 6. The summed E-state index contributed by atoms with van der Waals surface area (Å²) in [4.78, 5) is 3.72. The second-order valence-corrected chi connectivity index (χ2v) is 5.63. The second-order valence-electron chi connectivity index (χ2n) is 3.08. The third-order valence-corrected chi connectivity index (χ3v) is 4.14. The molecule has 2 aromatic rings. The SMILES string of the molecule is N#COc1ccccc1S(=O)(=O)Nc1nccs1. The van der Waals surface area contributed by atoms with Gasteiger partial charge in [-0.1, -0.05) is 12.1 Å². The van der Waals surface area contributed by atoms with Gasteiger partial charge in [0, 0.05) is 11.6 Å². The molecule has 1 aromatic carbocycles. The van der Waals surface area contributed by atoms with Crippen LogP contribution in [0, 0.1) is 11.5 Å². The van der Waals surface area contributed by atoms with E-state index in [1.54, 1.807) is 17.5 Å². The van der Waals surface area contributed by atoms with E-state index in [1.807, 2.05) is 0 Å². The Balaban J connectivity index is 2.39. The van der Waals surface area contributed by atoms with E-state index in [0.717, 1.165) is 11.3 Å². The van der Waals surface area contributed by atoms with E-state index in [1.165, 1.54) is 24.6 Å². The van der Waals surface area contributed by atoms with Crippen LogP contribution in [0.1, 0.15) is 0 Å². The van der Waals surface area contributed by atoms with E-state index >= 15 is 0 Å². The highest BCUT2D eigenvalue weighted by atomic mass is 32.2. The number of hydrogen-bond donors (Lipinski definition) is 1. The molecule has 1 N–H and O–H groups in total. The number of aromatic nitrogens is 1. The average Bonchev–Trinajstić information content (AvgIpc) is 2.82. The number of nitrogens with zero attached hydrogens (tertiary/aromatic N) is 2. The van der Waals surface area contributed by atoms with Crippen LogP contribution in [-0.2, 0) is 10.0 Å². The number of anilines is 1. The maximum atomic E-state index is 12.1. The molecule has 0 aliphatic rings. The molecule has 0 bridgehead atoms. The van der Waals surface area contributed by atoms with Crippen LogP contribution >= 0.6 is 11.3 Å². The molecule has 18 heavy (non-hydrogen) atoms. The van der Waals surface area contributed by atoms with Crippen molar-refractivity contribution in [2.24, 2.45) is 0 Å². The minimum atomic E-state index is -3.81. The topological polar surface area (TPSA) is 92.1 Å². The third-order valence-electron chi connectivity index (χ3n) is 1.95. The molecular formula is C10H7N3O3S2. The molecule has 6 nitrogen and oxygen atoms in total. The molecule has 0 aliphatic carbocycles. The molecule has 8 heteroatoms. The Morgan fingerprint density at radius 2 is 2.17 bits per heavy atom. The zero-order chi connectivity index (χ0) is 13.0. The number of rotatable bonds is 4. The van der Waals surface area contributed by atoms with Crippen LogP contribution in [0.5, 0.6) is 5.75 Å². The summed E-state index contributed by atoms with van der Waals surface area (Å²) in [6.07, 6.45) is 2.94. The maximum Gasteiger partial charge on any atom is 0.292 e. The third kappa shape index (κ3) is 2.58. The van der Waals surface area contributed by atoms with E-state index in [4.69, 9.17) is 5.26 Å². The molecule has 0 fully saturated rings. The van der Waals surface area contributed by atoms with Gasteiger partial charge >= 0.3 is 0 Å². The summed E-state index contributed by atoms with van der Waals surface area (Å²) in [5.41, 5.74) is 0. The van der Waals surface area contributed by atoms with Gasteiger partial charge in [-0.25, -0.2) is 13.4 Å². The Bertz CT molecular complexity index is 675. The van der Waals surface area contributed by atoms with Gasteiger partial charge in [0.25, 0.3) is 16.3 Å². The Labute approximate surface area is 108 Å². The molecule has 0 amide bonds. The molecule has 0 spiro atoms. The van der Waals surface area contributed by atoms with E-state index in [0.29, 0.717) is 0 Å². The van der Waals surface area contributed by atoms with Gasteiger partial charge in [0.15, 0.2) is 10.9 Å². The van der Waals surface area contributed by atoms with E-state index in [2.05, 4.69) is 14.4 Å². The fourth-order valence-electron chi connectivity index (χ4n) is 1.25. The van der Waals surface area contributed by atoms with E-state index < -0.39 is 10.0 Å². The summed E-state index contributed by atoms with van der Waals surface area (Å²) in [6.45, 7) is 0. The molecule has 2 rings (SSSR count). The lowest BCUT2D eigenvalue weighted by Crippen LogP contribution is -2.13. The van der Waals surface area contributed by atoms with E-state index in [-0.39, 0.29) is 15.8 Å². The van der Waals surface area contributed by atoms with Gasteiger partial charge in [-0.2, -0.15) is 0 Å². The quantitative estimate of drug-likeness (QED) is 0.863. The molecule has 0 saturated heterocycles. The number of sulfonamides is 1. The Kier molecular flexibility index (Phi) is 3.45. The molecule has 92 valence electrons. The summed E-state index contributed by atoms with van der Waals surface area (Å²) >= 11 is 1.16. The van der Waals surface area contributed by atoms with Gasteiger partial charge in [0.2, 0.25) is 0 Å². The number of benzene rings is 1. The average molecular weight is 281 g/mol. The number of ether oxygens (including phenoxy) is 1. The normalized spacial score (nSPS) is 10.6. The predicted molar refractivity (Wildman–Crippen MR) is 65.6 cm³/mol. The Hall–Kier alpha value is -2.11. The molecule has 0 aliphatic heterocycles. The largest absolute Gasteiger partial charge is 0.387 e. The van der Waals surface area contributed by atoms with Crippen molar-refractivity contribution in [2.75, 3.05) is 4.72 Å². The first-order valence-corrected chi connectivity index (χ1v) is 7.07. The van der Waals surface area contributed by atoms with Crippen LogP contribution in [0.2, 0.25) is 0 Å². The molecule has 0 atom stereocenters. The molecule has 1 heterocycles. The van der Waals surface area contributed by atoms with Crippen LogP contribution in [0.25, 0.3) is 0 Å². The fraction of sp³-hybridized carbons (Fsp3) is 0. The second kappa shape index (κ2) is 5.03. The summed E-state index contributed by atoms with van der Waals surface area (Å²) < 4.78 is 31.0. The zero-order valence-electron chi connectivity index (χ0n) is 8.90. The van der Waals surface area contributed by atoms with Crippen molar-refractivity contribution >= 4 is 26.5 Å². The molecule has 1 aromatic heterocycles. The summed E-state index contributed by atoms with van der Waals surface area (Å²) in [7, 11) is -3.81. The Morgan fingerprint density at radius 1 is 1.39 bits per heavy atom. The number of nitriles is 1. The predicted octanol–water partition coefficient (Wildman–Crippen LogP) is 1.80. The minimum Gasteiger partial charge on any atom is -0.387 e. The lowest BCUT2D eigenvalue weighted by atomic mass is 10.3. The first-order chi connectivity index (χ1) is 8.63. The van der Waals surface area contributed by atoms with Crippen molar-refractivity contribution in [1.29, 1.82) is 5.26 Å². The summed E-state index contributed by atoms with van der Waals surface area (Å²) in [5, 5.41) is 10.4. The lowest BCUT2D eigenvalue weighted by molar-refractivity contribution is 0.490. The number of nitrogens with one attached hydrogen (secondary N) is 1. The van der Waals surface area contributed by atoms with Crippen LogP contribution in [0.3, 0.4) is 0 Å². The molecule has 0 saturated carbocycles. The van der Waals surface area contributed by atoms with Crippen LogP contribution in [0.4, 0.5) is 5.13 Å². The Morgan fingerprint density at radius 3 is 2.83 bits per heavy atom. The summed E-state index contributed by atoms with van der Waals surface area (Å²) in [5.74, 6) is -0.0240. The van der Waals surface area contributed by atoms with Crippen LogP contribution < -0.4 is 9.46 Å². The maximum absolute atomic E-state index is 12.1. The molecule has 0 radical (unpaired) electrons. The minimum absolute atomic E-state index is 0.0240. The highest BCUT2D eigenvalue weighted by molar-refractivity contribution is 7.93. The highest BCUT2D eigenvalue weighted by Gasteiger charge is 2.20. The zero-order valence-corrected chi connectivity index (χ0v) is 10.5. The van der Waals surface area contributed by atoms with Crippen molar-refractivity contribution in [3.05, 3.63) is 35.8 Å². The number of para-hydroxylation sites is 1. The van der Waals surface area contributed by atoms with E-state index in [9.17, 15) is 8.42 Å². The standard InChI is InChI=1S/C10H7N3O3S2/c11-7-16-8-3-1-2-4-9(8)18(14,15)13-10-12-5-6-17-10/h1-6H,(H,12,13). The van der Waals surface area contributed by atoms with Crippen molar-refractivity contribution in [2.45, 2.75) is 4.90 Å². The first kappa shape index (κ1) is 12.3. The number of thiazole rings is 1. The first-order valence-electron chi connectivity index (χ1n) is 4.71. The smallest absolute Gasteiger partial charge is 0.292 e. The van der Waals surface area contributed by atoms with Crippen LogP contribution in [0.15, 0.2) is 40.7 Å². The van der Waals surface area contributed by atoms with Crippen molar-refractivity contribution < 1.29 is 13.2 Å². The monoisotopic (exact) mass is 281 g/mol. The van der Waals surface area contributed by atoms with Gasteiger partial charge in [-0.05, 0) is 12.1 Å². The van der Waals surface area contributed by atoms with Crippen molar-refractivity contribution in [3.8, 4) is 12.0 Å². The van der Waals surface area contributed by atoms with Crippen molar-refractivity contribution in [1.82, 2.24) is 4.98 Å².